The topological polar surface area (TPSA) is 74.8 Å². The number of hydrogen-bond donors (Lipinski definition) is 2. The summed E-state index contributed by atoms with van der Waals surface area (Å²) < 4.78 is 0. The van der Waals surface area contributed by atoms with Crippen LogP contribution in [-0.4, -0.2) is 21.9 Å². The molecule has 1 aliphatic carbocycles. The number of aryl methyl sites for hydroxylation is 1. The Labute approximate surface area is 129 Å². The molecule has 2 N–H and O–H groups in total. The lowest BCUT2D eigenvalue weighted by atomic mass is 10.1. The first-order valence-corrected chi connectivity index (χ1v) is 7.91. The van der Waals surface area contributed by atoms with Crippen molar-refractivity contribution in [3.63, 3.8) is 0 Å². The van der Waals surface area contributed by atoms with Crippen molar-refractivity contribution in [2.24, 2.45) is 5.92 Å². The monoisotopic (exact) mass is 299 g/mol. The van der Waals surface area contributed by atoms with Crippen molar-refractivity contribution in [2.45, 2.75) is 45.1 Å². The van der Waals surface area contributed by atoms with Crippen LogP contribution in [0.3, 0.4) is 0 Å². The number of carbonyl (C=O) groups is 1. The molecule has 0 bridgehead atoms. The predicted octanol–water partition coefficient (Wildman–Crippen LogP) is 2.16. The summed E-state index contributed by atoms with van der Waals surface area (Å²) in [6, 6.07) is 7.57. The molecular weight excluding hydrogens is 278 g/mol. The summed E-state index contributed by atoms with van der Waals surface area (Å²) in [6.07, 6.45) is 4.21. The number of fused-ring (bicyclic) bond motifs is 1. The molecule has 0 spiro atoms. The molecule has 1 saturated carbocycles. The smallest absolute Gasteiger partial charge is 0.258 e. The molecule has 0 saturated heterocycles. The minimum atomic E-state index is -0.118. The Morgan fingerprint density at radius 2 is 2.18 bits per heavy atom. The Balaban J connectivity index is 1.55. The maximum absolute atomic E-state index is 11.9. The first-order chi connectivity index (χ1) is 10.6. The molecule has 3 rings (SSSR count). The standard InChI is InChI=1S/C17H21N3O2/c1-11(12-9-10-12)18-16(21)8-4-7-15-19-14-6-3-2-5-13(14)17(22)20-15/h2-3,5-6,11-12H,4,7-10H2,1H3,(H,18,21)(H,19,20,22). The number of amides is 1. The van der Waals surface area contributed by atoms with Crippen LogP contribution in [0.4, 0.5) is 0 Å². The highest BCUT2D eigenvalue weighted by molar-refractivity contribution is 5.77. The quantitative estimate of drug-likeness (QED) is 0.858. The molecular formula is C17H21N3O2. The van der Waals surface area contributed by atoms with E-state index in [4.69, 9.17) is 0 Å². The molecule has 0 aliphatic heterocycles. The van der Waals surface area contributed by atoms with Crippen molar-refractivity contribution in [2.75, 3.05) is 0 Å². The van der Waals surface area contributed by atoms with E-state index in [9.17, 15) is 9.59 Å². The van der Waals surface area contributed by atoms with Gasteiger partial charge in [-0.25, -0.2) is 4.98 Å². The molecule has 1 fully saturated rings. The number of aromatic amines is 1. The molecule has 2 aromatic rings. The maximum atomic E-state index is 11.9. The first kappa shape index (κ1) is 14.8. The zero-order valence-corrected chi connectivity index (χ0v) is 12.8. The summed E-state index contributed by atoms with van der Waals surface area (Å²) in [5, 5.41) is 3.64. The number of para-hydroxylation sites is 1. The largest absolute Gasteiger partial charge is 0.353 e. The van der Waals surface area contributed by atoms with Gasteiger partial charge < -0.3 is 10.3 Å². The van der Waals surface area contributed by atoms with Gasteiger partial charge in [-0.3, -0.25) is 9.59 Å². The second-order valence-corrected chi connectivity index (χ2v) is 6.08. The summed E-state index contributed by atoms with van der Waals surface area (Å²) in [5.41, 5.74) is 0.584. The number of carbonyl (C=O) groups excluding carboxylic acids is 1. The third-order valence-electron chi connectivity index (χ3n) is 4.20. The van der Waals surface area contributed by atoms with Gasteiger partial charge in [0.05, 0.1) is 10.9 Å². The Hall–Kier alpha value is -2.17. The zero-order valence-electron chi connectivity index (χ0n) is 12.8. The first-order valence-electron chi connectivity index (χ1n) is 7.91. The minimum absolute atomic E-state index is 0.0857. The van der Waals surface area contributed by atoms with Gasteiger partial charge in [0.1, 0.15) is 5.82 Å². The van der Waals surface area contributed by atoms with Gasteiger partial charge in [-0.1, -0.05) is 12.1 Å². The molecule has 5 nitrogen and oxygen atoms in total. The van der Waals surface area contributed by atoms with Crippen LogP contribution in [0.25, 0.3) is 10.9 Å². The molecule has 116 valence electrons. The number of H-pyrrole nitrogens is 1. The minimum Gasteiger partial charge on any atom is -0.353 e. The molecule has 1 atom stereocenters. The second-order valence-electron chi connectivity index (χ2n) is 6.08. The Bertz CT molecular complexity index is 734. The van der Waals surface area contributed by atoms with Gasteiger partial charge >= 0.3 is 0 Å². The van der Waals surface area contributed by atoms with E-state index in [0.717, 1.165) is 0 Å². The normalized spacial score (nSPS) is 15.7. The Morgan fingerprint density at radius 1 is 1.41 bits per heavy atom. The van der Waals surface area contributed by atoms with E-state index in [0.29, 0.717) is 41.9 Å². The summed E-state index contributed by atoms with van der Waals surface area (Å²) in [4.78, 5) is 31.0. The van der Waals surface area contributed by atoms with Gasteiger partial charge in [-0.05, 0) is 44.2 Å². The van der Waals surface area contributed by atoms with Crippen LogP contribution in [-0.2, 0) is 11.2 Å². The van der Waals surface area contributed by atoms with Crippen molar-refractivity contribution in [1.82, 2.24) is 15.3 Å². The van der Waals surface area contributed by atoms with E-state index in [1.807, 2.05) is 18.2 Å². The number of nitrogens with one attached hydrogen (secondary N) is 2. The van der Waals surface area contributed by atoms with Crippen molar-refractivity contribution in [1.29, 1.82) is 0 Å². The highest BCUT2D eigenvalue weighted by Crippen LogP contribution is 2.32. The third kappa shape index (κ3) is 3.53. The molecule has 1 aromatic carbocycles. The SMILES string of the molecule is CC(NC(=O)CCCc1nc2ccccc2c(=O)[nH]1)C1CC1. The lowest BCUT2D eigenvalue weighted by molar-refractivity contribution is -0.121. The molecule has 1 amide bonds. The van der Waals surface area contributed by atoms with Crippen molar-refractivity contribution in [3.8, 4) is 0 Å². The van der Waals surface area contributed by atoms with Crippen LogP contribution in [0.5, 0.6) is 0 Å². The fourth-order valence-corrected chi connectivity index (χ4v) is 2.71. The predicted molar refractivity (Wildman–Crippen MR) is 85.6 cm³/mol. The van der Waals surface area contributed by atoms with Gasteiger partial charge in [-0.15, -0.1) is 0 Å². The Morgan fingerprint density at radius 3 is 2.95 bits per heavy atom. The number of nitrogens with zero attached hydrogens (tertiary/aromatic N) is 1. The van der Waals surface area contributed by atoms with Crippen LogP contribution < -0.4 is 10.9 Å². The van der Waals surface area contributed by atoms with Crippen molar-refractivity contribution >= 4 is 16.8 Å². The van der Waals surface area contributed by atoms with Crippen LogP contribution in [0.2, 0.25) is 0 Å². The molecule has 0 radical (unpaired) electrons. The van der Waals surface area contributed by atoms with E-state index in [1.165, 1.54) is 12.8 Å². The maximum Gasteiger partial charge on any atom is 0.258 e. The number of aromatic nitrogens is 2. The fraction of sp³-hybridized carbons (Fsp3) is 0.471. The Kier molecular flexibility index (Phi) is 4.22. The molecule has 22 heavy (non-hydrogen) atoms. The fourth-order valence-electron chi connectivity index (χ4n) is 2.71. The van der Waals surface area contributed by atoms with Crippen LogP contribution in [0, 0.1) is 5.92 Å². The van der Waals surface area contributed by atoms with E-state index in [2.05, 4.69) is 22.2 Å². The van der Waals surface area contributed by atoms with Gasteiger partial charge in [0.15, 0.2) is 0 Å². The van der Waals surface area contributed by atoms with E-state index in [1.54, 1.807) is 6.07 Å². The van der Waals surface area contributed by atoms with E-state index in [-0.39, 0.29) is 17.5 Å². The summed E-state index contributed by atoms with van der Waals surface area (Å²) in [5.74, 6) is 1.40. The van der Waals surface area contributed by atoms with Gasteiger partial charge in [0.2, 0.25) is 5.91 Å². The van der Waals surface area contributed by atoms with E-state index < -0.39 is 0 Å². The van der Waals surface area contributed by atoms with Crippen molar-refractivity contribution in [3.05, 3.63) is 40.4 Å². The number of benzene rings is 1. The van der Waals surface area contributed by atoms with Gasteiger partial charge in [0.25, 0.3) is 5.56 Å². The molecule has 1 unspecified atom stereocenters. The van der Waals surface area contributed by atoms with Gasteiger partial charge in [0, 0.05) is 18.9 Å². The molecule has 1 aromatic heterocycles. The summed E-state index contributed by atoms with van der Waals surface area (Å²) in [6.45, 7) is 2.07. The highest BCUT2D eigenvalue weighted by atomic mass is 16.1. The van der Waals surface area contributed by atoms with Crippen LogP contribution in [0.1, 0.15) is 38.4 Å². The highest BCUT2D eigenvalue weighted by Gasteiger charge is 2.28. The summed E-state index contributed by atoms with van der Waals surface area (Å²) in [7, 11) is 0. The van der Waals surface area contributed by atoms with Crippen molar-refractivity contribution < 1.29 is 4.79 Å². The lowest BCUT2D eigenvalue weighted by Crippen LogP contribution is -2.33. The van der Waals surface area contributed by atoms with Gasteiger partial charge in [-0.2, -0.15) is 0 Å². The van der Waals surface area contributed by atoms with E-state index >= 15 is 0 Å². The third-order valence-corrected chi connectivity index (χ3v) is 4.20. The molecule has 5 heteroatoms. The van der Waals surface area contributed by atoms with Crippen LogP contribution >= 0.6 is 0 Å². The zero-order chi connectivity index (χ0) is 15.5. The van der Waals surface area contributed by atoms with Crippen LogP contribution in [0.15, 0.2) is 29.1 Å². The summed E-state index contributed by atoms with van der Waals surface area (Å²) >= 11 is 0. The molecule has 1 heterocycles. The average molecular weight is 299 g/mol. The molecule has 1 aliphatic rings. The number of hydrogen-bond acceptors (Lipinski definition) is 3. The lowest BCUT2D eigenvalue weighted by Gasteiger charge is -2.12. The second kappa shape index (κ2) is 6.30. The number of rotatable bonds is 6. The average Bonchev–Trinajstić information content (AvgIpc) is 3.32.